The fourth-order valence-corrected chi connectivity index (χ4v) is 4.38. The van der Waals surface area contributed by atoms with Gasteiger partial charge in [-0.25, -0.2) is 13.2 Å². The van der Waals surface area contributed by atoms with Crippen molar-refractivity contribution in [2.45, 2.75) is 11.8 Å². The zero-order chi connectivity index (χ0) is 21.7. The normalized spacial score (nSPS) is 14.7. The number of morpholine rings is 1. The summed E-state index contributed by atoms with van der Waals surface area (Å²) < 4.78 is 37.1. The number of amides is 2. The van der Waals surface area contributed by atoms with E-state index in [1.54, 1.807) is 18.2 Å². The van der Waals surface area contributed by atoms with Crippen molar-refractivity contribution in [2.75, 3.05) is 36.9 Å². The molecule has 0 radical (unpaired) electrons. The number of anilines is 2. The Balaban J connectivity index is 1.74. The van der Waals surface area contributed by atoms with Crippen molar-refractivity contribution in [3.05, 3.63) is 47.5 Å². The largest absolute Gasteiger partial charge is 0.427 e. The maximum absolute atomic E-state index is 12.8. The lowest BCUT2D eigenvalue weighted by Crippen LogP contribution is -2.40. The molecule has 160 valence electrons. The van der Waals surface area contributed by atoms with Gasteiger partial charge >= 0.3 is 12.0 Å². The molecule has 0 aliphatic carbocycles. The molecule has 2 aromatic carbocycles. The van der Waals surface area contributed by atoms with E-state index in [9.17, 15) is 18.0 Å². The molecule has 1 saturated heterocycles. The first-order valence-electron chi connectivity index (χ1n) is 8.99. The Morgan fingerprint density at radius 2 is 1.83 bits per heavy atom. The summed E-state index contributed by atoms with van der Waals surface area (Å²) >= 11 is 6.13. The summed E-state index contributed by atoms with van der Waals surface area (Å²) in [6.45, 7) is 2.44. The minimum atomic E-state index is -3.74. The molecule has 0 aromatic heterocycles. The smallest absolute Gasteiger partial charge is 0.323 e. The van der Waals surface area contributed by atoms with Crippen molar-refractivity contribution >= 4 is 45.0 Å². The van der Waals surface area contributed by atoms with Crippen LogP contribution in [0.1, 0.15) is 6.92 Å². The highest BCUT2D eigenvalue weighted by Gasteiger charge is 2.27. The summed E-state index contributed by atoms with van der Waals surface area (Å²) in [6.07, 6.45) is 0. The SMILES string of the molecule is CC(=O)Oc1cccc(NC(=O)Nc2cc(S(=O)(=O)N3CCOCC3)ccc2Cl)c1. The molecule has 0 bridgehead atoms. The summed E-state index contributed by atoms with van der Waals surface area (Å²) in [5.74, 6) is -0.210. The molecule has 0 atom stereocenters. The first-order valence-corrected chi connectivity index (χ1v) is 10.8. The number of urea groups is 1. The molecule has 9 nitrogen and oxygen atoms in total. The molecule has 2 amide bonds. The number of halogens is 1. The average Bonchev–Trinajstić information content (AvgIpc) is 2.70. The van der Waals surface area contributed by atoms with Crippen LogP contribution in [-0.2, 0) is 19.6 Å². The van der Waals surface area contributed by atoms with Crippen LogP contribution in [0.2, 0.25) is 5.02 Å². The highest BCUT2D eigenvalue weighted by Crippen LogP contribution is 2.28. The van der Waals surface area contributed by atoms with Crippen LogP contribution in [0.3, 0.4) is 0 Å². The standard InChI is InChI=1S/C19H20ClN3O6S/c1-13(24)29-15-4-2-3-14(11-15)21-19(25)22-18-12-16(5-6-17(18)20)30(26,27)23-7-9-28-10-8-23/h2-6,11-12H,7-10H2,1H3,(H2,21,22,25). The van der Waals surface area contributed by atoms with E-state index in [1.807, 2.05) is 0 Å². The Labute approximate surface area is 179 Å². The Bertz CT molecular complexity index is 1050. The summed E-state index contributed by atoms with van der Waals surface area (Å²) in [6, 6.07) is 9.72. The first-order chi connectivity index (χ1) is 14.3. The second-order valence-corrected chi connectivity index (χ2v) is 8.70. The molecule has 0 unspecified atom stereocenters. The van der Waals surface area contributed by atoms with E-state index < -0.39 is 22.0 Å². The van der Waals surface area contributed by atoms with E-state index in [-0.39, 0.29) is 34.4 Å². The molecule has 2 aromatic rings. The topological polar surface area (TPSA) is 114 Å². The van der Waals surface area contributed by atoms with Gasteiger partial charge in [-0.3, -0.25) is 4.79 Å². The van der Waals surface area contributed by atoms with Gasteiger partial charge in [-0.1, -0.05) is 17.7 Å². The molecule has 0 spiro atoms. The van der Waals surface area contributed by atoms with Crippen molar-refractivity contribution < 1.29 is 27.5 Å². The fraction of sp³-hybridized carbons (Fsp3) is 0.263. The van der Waals surface area contributed by atoms with Gasteiger partial charge in [-0.2, -0.15) is 4.31 Å². The number of hydrogen-bond acceptors (Lipinski definition) is 6. The fourth-order valence-electron chi connectivity index (χ4n) is 2.78. The number of carbonyl (C=O) groups is 2. The van der Waals surface area contributed by atoms with Crippen molar-refractivity contribution in [2.24, 2.45) is 0 Å². The summed E-state index contributed by atoms with van der Waals surface area (Å²) in [7, 11) is -3.74. The minimum absolute atomic E-state index is 0.0148. The van der Waals surface area contributed by atoms with Crippen LogP contribution in [0, 0.1) is 0 Å². The third-order valence-electron chi connectivity index (χ3n) is 4.15. The van der Waals surface area contributed by atoms with Gasteiger partial charge in [0.05, 0.1) is 28.8 Å². The van der Waals surface area contributed by atoms with Gasteiger partial charge in [0.2, 0.25) is 10.0 Å². The van der Waals surface area contributed by atoms with Crippen molar-refractivity contribution in [1.82, 2.24) is 4.31 Å². The molecule has 30 heavy (non-hydrogen) atoms. The molecule has 1 fully saturated rings. The lowest BCUT2D eigenvalue weighted by molar-refractivity contribution is -0.131. The van der Waals surface area contributed by atoms with E-state index >= 15 is 0 Å². The lowest BCUT2D eigenvalue weighted by atomic mass is 10.3. The third kappa shape index (κ3) is 5.48. The maximum Gasteiger partial charge on any atom is 0.323 e. The van der Waals surface area contributed by atoms with Crippen molar-refractivity contribution in [1.29, 1.82) is 0 Å². The molecule has 11 heteroatoms. The van der Waals surface area contributed by atoms with E-state index in [4.69, 9.17) is 21.1 Å². The molecule has 2 N–H and O–H groups in total. The number of nitrogens with one attached hydrogen (secondary N) is 2. The molecule has 1 aliphatic heterocycles. The summed E-state index contributed by atoms with van der Waals surface area (Å²) in [5.41, 5.74) is 0.513. The van der Waals surface area contributed by atoms with Crippen LogP contribution in [0.4, 0.5) is 16.2 Å². The van der Waals surface area contributed by atoms with Crippen LogP contribution >= 0.6 is 11.6 Å². The van der Waals surface area contributed by atoms with Crippen LogP contribution in [0.5, 0.6) is 5.75 Å². The van der Waals surface area contributed by atoms with Crippen LogP contribution in [0.15, 0.2) is 47.4 Å². The molecule has 0 saturated carbocycles. The number of ether oxygens (including phenoxy) is 2. The summed E-state index contributed by atoms with van der Waals surface area (Å²) in [5, 5.41) is 5.29. The number of sulfonamides is 1. The van der Waals surface area contributed by atoms with Gasteiger partial charge in [0, 0.05) is 31.8 Å². The Morgan fingerprint density at radius 3 is 2.53 bits per heavy atom. The molecular weight excluding hydrogens is 434 g/mol. The average molecular weight is 454 g/mol. The van der Waals surface area contributed by atoms with E-state index in [1.165, 1.54) is 35.5 Å². The molecule has 3 rings (SSSR count). The van der Waals surface area contributed by atoms with Gasteiger partial charge in [0.1, 0.15) is 5.75 Å². The van der Waals surface area contributed by atoms with Crippen LogP contribution in [0.25, 0.3) is 0 Å². The number of rotatable bonds is 5. The minimum Gasteiger partial charge on any atom is -0.427 e. The number of carbonyl (C=O) groups excluding carboxylic acids is 2. The Kier molecular flexibility index (Phi) is 6.93. The Morgan fingerprint density at radius 1 is 1.10 bits per heavy atom. The van der Waals surface area contributed by atoms with Gasteiger partial charge in [0.25, 0.3) is 0 Å². The molecule has 1 aliphatic rings. The number of hydrogen-bond donors (Lipinski definition) is 2. The van der Waals surface area contributed by atoms with Crippen molar-refractivity contribution in [3.63, 3.8) is 0 Å². The van der Waals surface area contributed by atoms with Gasteiger partial charge in [-0.15, -0.1) is 0 Å². The quantitative estimate of drug-likeness (QED) is 0.531. The number of esters is 1. The van der Waals surface area contributed by atoms with Crippen LogP contribution < -0.4 is 15.4 Å². The zero-order valence-electron chi connectivity index (χ0n) is 16.1. The van der Waals surface area contributed by atoms with Gasteiger partial charge < -0.3 is 20.1 Å². The van der Waals surface area contributed by atoms with Gasteiger partial charge in [-0.05, 0) is 30.3 Å². The molecule has 1 heterocycles. The zero-order valence-corrected chi connectivity index (χ0v) is 17.6. The second-order valence-electron chi connectivity index (χ2n) is 6.36. The number of benzene rings is 2. The maximum atomic E-state index is 12.8. The van der Waals surface area contributed by atoms with E-state index in [0.717, 1.165) is 0 Å². The second kappa shape index (κ2) is 9.43. The third-order valence-corrected chi connectivity index (χ3v) is 6.37. The van der Waals surface area contributed by atoms with Gasteiger partial charge in [0.15, 0.2) is 0 Å². The summed E-state index contributed by atoms with van der Waals surface area (Å²) in [4.78, 5) is 23.4. The van der Waals surface area contributed by atoms with E-state index in [2.05, 4.69) is 10.6 Å². The lowest BCUT2D eigenvalue weighted by Gasteiger charge is -2.26. The molecular formula is C19H20ClN3O6S. The highest BCUT2D eigenvalue weighted by molar-refractivity contribution is 7.89. The van der Waals surface area contributed by atoms with Crippen molar-refractivity contribution in [3.8, 4) is 5.75 Å². The van der Waals surface area contributed by atoms with Crippen LogP contribution in [-0.4, -0.2) is 51.0 Å². The predicted molar refractivity (Wildman–Crippen MR) is 111 cm³/mol. The predicted octanol–water partition coefficient (Wildman–Crippen LogP) is 2.93. The Hall–Kier alpha value is -2.66. The highest BCUT2D eigenvalue weighted by atomic mass is 35.5. The number of nitrogens with zero attached hydrogens (tertiary/aromatic N) is 1. The first kappa shape index (κ1) is 22.0. The van der Waals surface area contributed by atoms with E-state index in [0.29, 0.717) is 18.9 Å². The monoisotopic (exact) mass is 453 g/mol.